The molecule has 1 aliphatic rings. The standard InChI is InChI=1S/C7H7BrN2O3S.Na/c8-5-1-4-2-6(14(11,12)13)10-7(4)9-3-5;/h1,3,6H,2H2,(H,9,10)(H,11,12,13);/q;+1/p-1. The number of hydrogen-bond donors (Lipinski definition) is 1. The fourth-order valence-corrected chi connectivity index (χ4v) is 2.36. The van der Waals surface area contributed by atoms with Crippen molar-refractivity contribution in [3.8, 4) is 0 Å². The molecule has 0 saturated heterocycles. The van der Waals surface area contributed by atoms with E-state index in [4.69, 9.17) is 0 Å². The number of hydrogen-bond acceptors (Lipinski definition) is 5. The maximum Gasteiger partial charge on any atom is 1.00 e. The zero-order valence-corrected chi connectivity index (χ0v) is 12.3. The van der Waals surface area contributed by atoms with Crippen molar-refractivity contribution in [3.05, 3.63) is 22.3 Å². The van der Waals surface area contributed by atoms with Gasteiger partial charge in [0, 0.05) is 17.1 Å². The zero-order chi connectivity index (χ0) is 10.3. The molecule has 2 heterocycles. The van der Waals surface area contributed by atoms with Crippen molar-refractivity contribution in [1.29, 1.82) is 0 Å². The predicted octanol–water partition coefficient (Wildman–Crippen LogP) is -2.31. The van der Waals surface area contributed by atoms with Crippen LogP contribution in [0.25, 0.3) is 0 Å². The molecule has 0 fully saturated rings. The smallest absolute Gasteiger partial charge is 0.746 e. The van der Waals surface area contributed by atoms with E-state index in [-0.39, 0.29) is 36.0 Å². The molecule has 1 atom stereocenters. The second-order valence-electron chi connectivity index (χ2n) is 2.99. The Morgan fingerprint density at radius 1 is 1.60 bits per heavy atom. The molecular formula is C7H6BrN2NaO3S. The average Bonchev–Trinajstić information content (AvgIpc) is 2.45. The Hall–Kier alpha value is 0.340. The fraction of sp³-hybridized carbons (Fsp3) is 0.286. The Morgan fingerprint density at radius 3 is 2.87 bits per heavy atom. The molecule has 0 aliphatic carbocycles. The molecule has 0 spiro atoms. The number of aromatic nitrogens is 1. The van der Waals surface area contributed by atoms with E-state index in [0.29, 0.717) is 5.82 Å². The fourth-order valence-electron chi connectivity index (χ4n) is 1.34. The summed E-state index contributed by atoms with van der Waals surface area (Å²) < 4.78 is 33.0. The molecule has 0 saturated carbocycles. The summed E-state index contributed by atoms with van der Waals surface area (Å²) in [6.45, 7) is 0. The topological polar surface area (TPSA) is 82.1 Å². The van der Waals surface area contributed by atoms with Crippen LogP contribution in [0.4, 0.5) is 5.82 Å². The summed E-state index contributed by atoms with van der Waals surface area (Å²) in [5.74, 6) is 0.470. The quantitative estimate of drug-likeness (QED) is 0.465. The number of pyridine rings is 1. The van der Waals surface area contributed by atoms with Crippen molar-refractivity contribution in [2.45, 2.75) is 11.8 Å². The molecule has 0 bridgehead atoms. The first-order valence-corrected chi connectivity index (χ1v) is 6.09. The van der Waals surface area contributed by atoms with Crippen LogP contribution in [0, 0.1) is 0 Å². The van der Waals surface area contributed by atoms with Gasteiger partial charge in [-0.1, -0.05) is 0 Å². The third-order valence-corrected chi connectivity index (χ3v) is 3.40. The molecule has 1 aromatic rings. The summed E-state index contributed by atoms with van der Waals surface area (Å²) in [4.78, 5) is 3.96. The predicted molar refractivity (Wildman–Crippen MR) is 52.7 cm³/mol. The Labute approximate surface area is 118 Å². The molecule has 76 valence electrons. The Bertz CT molecular complexity index is 479. The number of nitrogens with zero attached hydrogens (tertiary/aromatic N) is 1. The molecule has 8 heteroatoms. The van der Waals surface area contributed by atoms with Crippen LogP contribution in [0.1, 0.15) is 5.56 Å². The van der Waals surface area contributed by atoms with Crippen molar-refractivity contribution in [1.82, 2.24) is 4.98 Å². The third-order valence-electron chi connectivity index (χ3n) is 1.98. The van der Waals surface area contributed by atoms with E-state index in [1.165, 1.54) is 0 Å². The van der Waals surface area contributed by atoms with E-state index in [9.17, 15) is 13.0 Å². The van der Waals surface area contributed by atoms with Gasteiger partial charge in [-0.3, -0.25) is 0 Å². The minimum Gasteiger partial charge on any atom is -0.746 e. The maximum absolute atomic E-state index is 10.7. The van der Waals surface area contributed by atoms with Gasteiger partial charge in [0.05, 0.1) is 0 Å². The first-order chi connectivity index (χ1) is 6.47. The van der Waals surface area contributed by atoms with Crippen LogP contribution < -0.4 is 34.9 Å². The second-order valence-corrected chi connectivity index (χ2v) is 5.46. The normalized spacial score (nSPS) is 18.9. The van der Waals surface area contributed by atoms with Gasteiger partial charge in [0.2, 0.25) is 0 Å². The maximum atomic E-state index is 10.7. The summed E-state index contributed by atoms with van der Waals surface area (Å²) in [6.07, 6.45) is 1.72. The van der Waals surface area contributed by atoms with Crippen molar-refractivity contribution in [2.75, 3.05) is 5.32 Å². The van der Waals surface area contributed by atoms with Gasteiger partial charge in [0.25, 0.3) is 0 Å². The molecule has 5 nitrogen and oxygen atoms in total. The number of anilines is 1. The molecule has 2 rings (SSSR count). The largest absolute Gasteiger partial charge is 1.00 e. The van der Waals surface area contributed by atoms with E-state index < -0.39 is 15.5 Å². The molecule has 1 unspecified atom stereocenters. The minimum atomic E-state index is -4.30. The third kappa shape index (κ3) is 2.92. The van der Waals surface area contributed by atoms with Crippen molar-refractivity contribution in [2.24, 2.45) is 0 Å². The van der Waals surface area contributed by atoms with Gasteiger partial charge in [-0.15, -0.1) is 0 Å². The van der Waals surface area contributed by atoms with Gasteiger partial charge < -0.3 is 9.87 Å². The number of halogens is 1. The van der Waals surface area contributed by atoms with E-state index in [1.807, 2.05) is 0 Å². The average molecular weight is 301 g/mol. The van der Waals surface area contributed by atoms with Gasteiger partial charge in [-0.05, 0) is 27.6 Å². The first kappa shape index (κ1) is 13.4. The number of rotatable bonds is 1. The van der Waals surface area contributed by atoms with Gasteiger partial charge in [-0.25, -0.2) is 13.4 Å². The van der Waals surface area contributed by atoms with Gasteiger partial charge >= 0.3 is 29.6 Å². The molecule has 1 aromatic heterocycles. The van der Waals surface area contributed by atoms with Crippen LogP contribution >= 0.6 is 15.9 Å². The summed E-state index contributed by atoms with van der Waals surface area (Å²) in [6, 6.07) is 1.75. The van der Waals surface area contributed by atoms with Crippen molar-refractivity contribution >= 4 is 31.9 Å². The van der Waals surface area contributed by atoms with Crippen LogP contribution in [0.3, 0.4) is 0 Å². The van der Waals surface area contributed by atoms with Crippen LogP contribution in [-0.2, 0) is 16.5 Å². The SMILES string of the molecule is O=S(=O)([O-])C1Cc2cc(Br)cnc2N1.[Na+]. The summed E-state index contributed by atoms with van der Waals surface area (Å²) in [5.41, 5.74) is 0.740. The van der Waals surface area contributed by atoms with Gasteiger partial charge in [0.15, 0.2) is 0 Å². The Balaban J connectivity index is 0.00000112. The van der Waals surface area contributed by atoms with Crippen molar-refractivity contribution < 1.29 is 42.5 Å². The molecule has 0 amide bonds. The molecule has 0 aromatic carbocycles. The summed E-state index contributed by atoms with van der Waals surface area (Å²) in [7, 11) is -4.30. The molecule has 0 radical (unpaired) electrons. The van der Waals surface area contributed by atoms with Crippen molar-refractivity contribution in [3.63, 3.8) is 0 Å². The summed E-state index contributed by atoms with van der Waals surface area (Å²) >= 11 is 3.22. The van der Waals surface area contributed by atoms with E-state index in [0.717, 1.165) is 10.0 Å². The first-order valence-electron chi connectivity index (χ1n) is 3.82. The van der Waals surface area contributed by atoms with E-state index >= 15 is 0 Å². The number of fused-ring (bicyclic) bond motifs is 1. The van der Waals surface area contributed by atoms with Gasteiger partial charge in [-0.2, -0.15) is 0 Å². The molecule has 1 aliphatic heterocycles. The monoisotopic (exact) mass is 300 g/mol. The molecule has 1 N–H and O–H groups in total. The Morgan fingerprint density at radius 2 is 2.27 bits per heavy atom. The van der Waals surface area contributed by atoms with E-state index in [1.54, 1.807) is 12.3 Å². The summed E-state index contributed by atoms with van der Waals surface area (Å²) in [5, 5.41) is 1.49. The second kappa shape index (κ2) is 4.68. The van der Waals surface area contributed by atoms with Crippen LogP contribution in [0.2, 0.25) is 0 Å². The van der Waals surface area contributed by atoms with Crippen LogP contribution in [0.15, 0.2) is 16.7 Å². The number of nitrogens with one attached hydrogen (secondary N) is 1. The van der Waals surface area contributed by atoms with Crippen LogP contribution in [0.5, 0.6) is 0 Å². The zero-order valence-electron chi connectivity index (χ0n) is 7.90. The van der Waals surface area contributed by atoms with E-state index in [2.05, 4.69) is 26.2 Å². The Kier molecular flexibility index (Phi) is 4.19. The minimum absolute atomic E-state index is 0. The molecular weight excluding hydrogens is 295 g/mol. The molecule has 15 heavy (non-hydrogen) atoms. The van der Waals surface area contributed by atoms with Gasteiger partial charge in [0.1, 0.15) is 21.3 Å². The van der Waals surface area contributed by atoms with Crippen LogP contribution in [-0.4, -0.2) is 23.3 Å².